The van der Waals surface area contributed by atoms with Gasteiger partial charge in [-0.2, -0.15) is 0 Å². The molecule has 4 N–H and O–H groups in total. The number of nitrogens with two attached hydrogens (primary N) is 1. The Morgan fingerprint density at radius 2 is 1.84 bits per heavy atom. The molecule has 2 fully saturated rings. The number of nitrogens with one attached hydrogen (secondary N) is 1. The first-order valence-corrected chi connectivity index (χ1v) is 12.1. The zero-order valence-electron chi connectivity index (χ0n) is 21.3. The lowest BCUT2D eigenvalue weighted by Crippen LogP contribution is -2.50. The number of aromatic nitrogens is 2. The average Bonchev–Trinajstić information content (AvgIpc) is 2.97. The summed E-state index contributed by atoms with van der Waals surface area (Å²) in [5.74, 6) is -1.87. The summed E-state index contributed by atoms with van der Waals surface area (Å²) in [5.41, 5.74) is 1.56. The van der Waals surface area contributed by atoms with Crippen molar-refractivity contribution in [3.63, 3.8) is 0 Å². The Balaban J connectivity index is 1.93. The number of rotatable bonds is 9. The van der Waals surface area contributed by atoms with E-state index in [1.54, 1.807) is 20.0 Å². The zero-order chi connectivity index (χ0) is 27.9. The van der Waals surface area contributed by atoms with Crippen LogP contribution in [0.1, 0.15) is 63.5 Å². The quantitative estimate of drug-likeness (QED) is 0.194. The van der Waals surface area contributed by atoms with Crippen molar-refractivity contribution < 1.29 is 23.5 Å². The van der Waals surface area contributed by atoms with Crippen LogP contribution >= 0.6 is 0 Å². The fourth-order valence-electron chi connectivity index (χ4n) is 5.62. The van der Waals surface area contributed by atoms with Gasteiger partial charge in [0.25, 0.3) is 11.5 Å². The summed E-state index contributed by atoms with van der Waals surface area (Å²) in [4.78, 5) is 54.1. The number of nitrogens with zero attached hydrogens (tertiary/aromatic N) is 4. The van der Waals surface area contributed by atoms with Crippen LogP contribution in [0.5, 0.6) is 5.88 Å². The van der Waals surface area contributed by atoms with Crippen LogP contribution in [0.4, 0.5) is 13.6 Å². The van der Waals surface area contributed by atoms with Crippen molar-refractivity contribution in [2.24, 2.45) is 11.1 Å². The molecule has 11 nitrogen and oxygen atoms in total. The number of alkyl halides is 2. The van der Waals surface area contributed by atoms with Gasteiger partial charge in [-0.1, -0.05) is 6.08 Å². The van der Waals surface area contributed by atoms with E-state index in [1.165, 1.54) is 11.9 Å². The largest absolute Gasteiger partial charge is 0.494 e. The van der Waals surface area contributed by atoms with Crippen LogP contribution in [0.3, 0.4) is 0 Å². The molecule has 3 rings (SSSR count). The number of carbonyl (C=O) groups is 2. The maximum Gasteiger partial charge on any atom is 0.334 e. The van der Waals surface area contributed by atoms with Gasteiger partial charge in [-0.25, -0.2) is 18.4 Å². The minimum absolute atomic E-state index is 0.127. The number of amidine groups is 1. The lowest BCUT2D eigenvalue weighted by atomic mass is 9.66. The van der Waals surface area contributed by atoms with E-state index in [1.807, 2.05) is 0 Å². The van der Waals surface area contributed by atoms with Crippen LogP contribution in [-0.2, 0) is 11.3 Å². The fourth-order valence-corrected chi connectivity index (χ4v) is 5.62. The van der Waals surface area contributed by atoms with Crippen molar-refractivity contribution >= 4 is 17.8 Å². The topological polar surface area (TPSA) is 155 Å². The van der Waals surface area contributed by atoms with Crippen LogP contribution in [-0.4, -0.2) is 67.9 Å². The number of hydrogen-bond acceptors (Lipinski definition) is 6. The molecule has 1 aliphatic carbocycles. The van der Waals surface area contributed by atoms with Gasteiger partial charge in [0, 0.05) is 33.1 Å². The molecule has 0 spiro atoms. The second-order valence-electron chi connectivity index (χ2n) is 10.2. The summed E-state index contributed by atoms with van der Waals surface area (Å²) >= 11 is 0. The molecule has 0 radical (unpaired) electrons. The van der Waals surface area contributed by atoms with E-state index in [2.05, 4.69) is 6.58 Å². The summed E-state index contributed by atoms with van der Waals surface area (Å²) < 4.78 is 27.0. The molecule has 1 aromatic heterocycles. The number of likely N-dealkylation sites (N-methyl/N-ethyl adjacent to an activating group) is 2. The first kappa shape index (κ1) is 28.1. The molecule has 2 heterocycles. The third kappa shape index (κ3) is 4.78. The van der Waals surface area contributed by atoms with Crippen molar-refractivity contribution in [3.05, 3.63) is 39.1 Å². The Hall–Kier alpha value is -3.51. The van der Waals surface area contributed by atoms with Gasteiger partial charge in [0.2, 0.25) is 12.3 Å². The highest BCUT2D eigenvalue weighted by molar-refractivity contribution is 6.06. The number of urea groups is 1. The Bertz CT molecular complexity index is 1230. The molecule has 37 heavy (non-hydrogen) atoms. The van der Waals surface area contributed by atoms with Gasteiger partial charge in [0.05, 0.1) is 0 Å². The standard InChI is InChI=1S/C24H34F2N6O5/c1-5-24(13-23(2)20(35)29(3)21(36)30(23)4)10-8-14(9-11-24)32-19(34)16(17(27)28)18(33)31(22(32)37)12-6-7-15(25)26/h5,14-15,33H,1,6-13H2,2-4H3,(H3,27,28)/t14?,23-,24?/m0/s1. The van der Waals surface area contributed by atoms with Crippen LogP contribution in [0, 0.1) is 10.8 Å². The first-order chi connectivity index (χ1) is 17.2. The highest BCUT2D eigenvalue weighted by Crippen LogP contribution is 2.48. The minimum Gasteiger partial charge on any atom is -0.494 e. The monoisotopic (exact) mass is 524 g/mol. The number of halogens is 2. The molecule has 1 atom stereocenters. The van der Waals surface area contributed by atoms with E-state index in [4.69, 9.17) is 11.1 Å². The van der Waals surface area contributed by atoms with Crippen LogP contribution < -0.4 is 17.0 Å². The summed E-state index contributed by atoms with van der Waals surface area (Å²) in [6.07, 6.45) is 0.393. The normalized spacial score (nSPS) is 26.3. The van der Waals surface area contributed by atoms with E-state index in [-0.39, 0.29) is 18.9 Å². The predicted octanol–water partition coefficient (Wildman–Crippen LogP) is 2.01. The van der Waals surface area contributed by atoms with Crippen molar-refractivity contribution in [2.45, 2.75) is 76.4 Å². The lowest BCUT2D eigenvalue weighted by Gasteiger charge is -2.43. The number of hydrogen-bond donors (Lipinski definition) is 3. The van der Waals surface area contributed by atoms with E-state index in [0.29, 0.717) is 32.1 Å². The summed E-state index contributed by atoms with van der Waals surface area (Å²) in [7, 11) is 3.00. The number of carbonyl (C=O) groups excluding carboxylic acids is 2. The number of allylic oxidation sites excluding steroid dienone is 1. The fraction of sp³-hybridized carbons (Fsp3) is 0.625. The van der Waals surface area contributed by atoms with Crippen LogP contribution in [0.15, 0.2) is 22.2 Å². The Labute approximate surface area is 212 Å². The molecule has 1 aromatic rings. The smallest absolute Gasteiger partial charge is 0.334 e. The van der Waals surface area contributed by atoms with Gasteiger partial charge in [-0.05, 0) is 50.9 Å². The molecule has 13 heteroatoms. The molecule has 0 aromatic carbocycles. The summed E-state index contributed by atoms with van der Waals surface area (Å²) in [6.45, 7) is 5.39. The Kier molecular flexibility index (Phi) is 7.66. The molecule has 2 aliphatic rings. The predicted molar refractivity (Wildman–Crippen MR) is 132 cm³/mol. The van der Waals surface area contributed by atoms with Crippen molar-refractivity contribution in [3.8, 4) is 5.88 Å². The van der Waals surface area contributed by atoms with Gasteiger partial charge < -0.3 is 15.7 Å². The summed E-state index contributed by atoms with van der Waals surface area (Å²) in [5, 5.41) is 18.2. The Morgan fingerprint density at radius 1 is 1.24 bits per heavy atom. The maximum atomic E-state index is 13.2. The maximum absolute atomic E-state index is 13.2. The van der Waals surface area contributed by atoms with Gasteiger partial charge in [0.15, 0.2) is 0 Å². The second kappa shape index (κ2) is 10.1. The highest BCUT2D eigenvalue weighted by atomic mass is 19.3. The van der Waals surface area contributed by atoms with Gasteiger partial charge >= 0.3 is 11.7 Å². The van der Waals surface area contributed by atoms with Gasteiger partial charge in [-0.3, -0.25) is 29.0 Å². The minimum atomic E-state index is -2.59. The number of amides is 3. The van der Waals surface area contributed by atoms with Crippen molar-refractivity contribution in [2.75, 3.05) is 14.1 Å². The first-order valence-electron chi connectivity index (χ1n) is 12.1. The molecule has 1 aliphatic heterocycles. The average molecular weight is 525 g/mol. The van der Waals surface area contributed by atoms with Gasteiger partial charge in [-0.15, -0.1) is 6.58 Å². The highest BCUT2D eigenvalue weighted by Gasteiger charge is 2.54. The molecular weight excluding hydrogens is 490 g/mol. The van der Waals surface area contributed by atoms with Crippen molar-refractivity contribution in [1.82, 2.24) is 18.9 Å². The van der Waals surface area contributed by atoms with Gasteiger partial charge in [0.1, 0.15) is 16.9 Å². The molecule has 1 saturated carbocycles. The zero-order valence-corrected chi connectivity index (χ0v) is 21.3. The van der Waals surface area contributed by atoms with E-state index < -0.39 is 64.4 Å². The third-order valence-corrected chi connectivity index (χ3v) is 7.95. The van der Waals surface area contributed by atoms with E-state index in [9.17, 15) is 33.1 Å². The molecule has 0 unspecified atom stereocenters. The van der Waals surface area contributed by atoms with Crippen LogP contribution in [0.2, 0.25) is 0 Å². The van der Waals surface area contributed by atoms with E-state index in [0.717, 1.165) is 14.0 Å². The lowest BCUT2D eigenvalue weighted by molar-refractivity contribution is -0.133. The summed E-state index contributed by atoms with van der Waals surface area (Å²) in [6, 6.07) is -1.01. The van der Waals surface area contributed by atoms with Crippen molar-refractivity contribution in [1.29, 1.82) is 5.41 Å². The molecule has 3 amide bonds. The molecule has 0 bridgehead atoms. The van der Waals surface area contributed by atoms with E-state index >= 15 is 0 Å². The molecular formula is C24H34F2N6O5. The molecule has 204 valence electrons. The number of nitrogen functional groups attached to an aromatic ring is 1. The number of imide groups is 1. The third-order valence-electron chi connectivity index (χ3n) is 7.95. The molecule has 1 saturated heterocycles. The Morgan fingerprint density at radius 3 is 2.30 bits per heavy atom. The van der Waals surface area contributed by atoms with Crippen LogP contribution in [0.25, 0.3) is 0 Å². The second-order valence-corrected chi connectivity index (χ2v) is 10.2. The SMILES string of the molecule is C=CC1(C[C@@]2(C)C(=O)N(C)C(=O)N2C)CCC(n2c(=O)c(C(=N)N)c(O)n(CCCC(F)F)c2=O)CC1. The number of aromatic hydroxyl groups is 1.